The monoisotopic (exact) mass is 546 g/mol. The first-order chi connectivity index (χ1) is 14.6. The number of benzene rings is 1. The molecule has 2 fully saturated rings. The maximum Gasteiger partial charge on any atom is 0.308 e. The van der Waals surface area contributed by atoms with Crippen LogP contribution >= 0.6 is 24.0 Å². The predicted molar refractivity (Wildman–Crippen MR) is 128 cm³/mol. The van der Waals surface area contributed by atoms with Crippen LogP contribution in [0.4, 0.5) is 5.69 Å². The Balaban J connectivity index is 0.00000341. The highest BCUT2D eigenvalue weighted by Crippen LogP contribution is 2.19. The number of ether oxygens (including phenoxy) is 2. The van der Waals surface area contributed by atoms with Gasteiger partial charge in [0.05, 0.1) is 30.6 Å². The summed E-state index contributed by atoms with van der Waals surface area (Å²) in [6, 6.07) is 6.45. The van der Waals surface area contributed by atoms with Gasteiger partial charge < -0.3 is 19.7 Å². The van der Waals surface area contributed by atoms with Crippen molar-refractivity contribution in [3.8, 4) is 0 Å². The largest absolute Gasteiger partial charge is 0.469 e. The van der Waals surface area contributed by atoms with Crippen LogP contribution in [0.25, 0.3) is 0 Å². The number of methoxy groups -OCH3 is 1. The molecule has 1 N–H and O–H groups in total. The summed E-state index contributed by atoms with van der Waals surface area (Å²) in [7, 11) is 1.43. The third-order valence-electron chi connectivity index (χ3n) is 5.65. The van der Waals surface area contributed by atoms with E-state index in [1.807, 2.05) is 0 Å². The lowest BCUT2D eigenvalue weighted by molar-refractivity contribution is -0.384. The van der Waals surface area contributed by atoms with E-state index in [4.69, 9.17) is 14.5 Å². The quantitative estimate of drug-likeness (QED) is 0.146. The van der Waals surface area contributed by atoms with Gasteiger partial charge in [0.1, 0.15) is 0 Å². The van der Waals surface area contributed by atoms with Crippen LogP contribution in [-0.4, -0.2) is 61.2 Å². The Morgan fingerprint density at radius 3 is 2.55 bits per heavy atom. The summed E-state index contributed by atoms with van der Waals surface area (Å²) >= 11 is 0. The summed E-state index contributed by atoms with van der Waals surface area (Å²) in [5.41, 5.74) is 0.971. The van der Waals surface area contributed by atoms with Gasteiger partial charge >= 0.3 is 5.97 Å². The highest BCUT2D eigenvalue weighted by molar-refractivity contribution is 14.0. The molecule has 3 rings (SSSR count). The number of nitrogens with one attached hydrogen (secondary N) is 1. The number of non-ortho nitro benzene ring substituents is 1. The van der Waals surface area contributed by atoms with E-state index in [1.165, 1.54) is 25.7 Å². The van der Waals surface area contributed by atoms with Crippen LogP contribution in [0.5, 0.6) is 0 Å². The molecule has 0 bridgehead atoms. The molecule has 1 aromatic rings. The zero-order chi connectivity index (χ0) is 21.3. The number of likely N-dealkylation sites (tertiary alicyclic amines) is 1. The molecule has 0 aliphatic carbocycles. The van der Waals surface area contributed by atoms with Gasteiger partial charge in [-0.3, -0.25) is 14.9 Å². The lowest BCUT2D eigenvalue weighted by Gasteiger charge is -2.34. The minimum atomic E-state index is -0.407. The molecule has 1 unspecified atom stereocenters. The molecule has 172 valence electrons. The molecule has 2 aliphatic rings. The number of carbonyl (C=O) groups is 1. The Kier molecular flexibility index (Phi) is 10.4. The van der Waals surface area contributed by atoms with Gasteiger partial charge in [-0.25, -0.2) is 4.99 Å². The van der Waals surface area contributed by atoms with Crippen molar-refractivity contribution in [1.82, 2.24) is 10.2 Å². The Morgan fingerprint density at radius 1 is 1.26 bits per heavy atom. The molecule has 9 nitrogen and oxygen atoms in total. The van der Waals surface area contributed by atoms with Crippen LogP contribution in [0, 0.1) is 16.0 Å². The lowest BCUT2D eigenvalue weighted by Crippen LogP contribution is -2.48. The van der Waals surface area contributed by atoms with Crippen molar-refractivity contribution in [2.75, 3.05) is 33.4 Å². The topological polar surface area (TPSA) is 106 Å². The molecule has 0 spiro atoms. The molecular formula is C21H31IN4O5. The predicted octanol–water partition coefficient (Wildman–Crippen LogP) is 3.11. The maximum absolute atomic E-state index is 11.8. The van der Waals surface area contributed by atoms with Crippen molar-refractivity contribution >= 4 is 41.6 Å². The van der Waals surface area contributed by atoms with E-state index in [0.29, 0.717) is 13.1 Å². The standard InChI is InChI=1S/C21H30N4O5.HI/c1-29-20(26)17-9-11-24(12-10-17)21(23-15-19-4-2-3-13-30-19)22-14-16-5-7-18(8-6-16)25(27)28;/h5-8,17,19H,2-4,9-15H2,1H3,(H,22,23);1H. The van der Waals surface area contributed by atoms with Crippen LogP contribution in [0.1, 0.15) is 37.7 Å². The summed E-state index contributed by atoms with van der Waals surface area (Å²) in [6.07, 6.45) is 4.95. The first-order valence-electron chi connectivity index (χ1n) is 10.5. The Hall–Kier alpha value is -1.95. The van der Waals surface area contributed by atoms with E-state index in [2.05, 4.69) is 10.2 Å². The van der Waals surface area contributed by atoms with Crippen molar-refractivity contribution in [1.29, 1.82) is 0 Å². The number of nitrogens with zero attached hydrogens (tertiary/aromatic N) is 3. The number of piperidine rings is 1. The molecule has 2 saturated heterocycles. The summed E-state index contributed by atoms with van der Waals surface area (Å²) in [5.74, 6) is 0.567. The van der Waals surface area contributed by atoms with Crippen molar-refractivity contribution in [3.05, 3.63) is 39.9 Å². The second-order valence-electron chi connectivity index (χ2n) is 7.72. The van der Waals surface area contributed by atoms with Crippen LogP contribution < -0.4 is 5.32 Å². The normalized spacial score (nSPS) is 20.0. The first-order valence-corrected chi connectivity index (χ1v) is 10.5. The SMILES string of the molecule is COC(=O)C1CCN(C(=NCc2ccc([N+](=O)[O-])cc2)NCC2CCCCO2)CC1.I. The molecule has 2 heterocycles. The smallest absolute Gasteiger partial charge is 0.308 e. The van der Waals surface area contributed by atoms with Gasteiger partial charge in [-0.1, -0.05) is 12.1 Å². The maximum atomic E-state index is 11.8. The molecule has 0 saturated carbocycles. The molecule has 1 atom stereocenters. The molecule has 0 aromatic heterocycles. The lowest BCUT2D eigenvalue weighted by atomic mass is 9.97. The molecule has 31 heavy (non-hydrogen) atoms. The second kappa shape index (κ2) is 12.8. The van der Waals surface area contributed by atoms with Gasteiger partial charge in [-0.15, -0.1) is 24.0 Å². The van der Waals surface area contributed by atoms with Gasteiger partial charge in [-0.2, -0.15) is 0 Å². The van der Waals surface area contributed by atoms with Crippen molar-refractivity contribution in [3.63, 3.8) is 0 Å². The third kappa shape index (κ3) is 7.60. The number of guanidine groups is 1. The number of halogens is 1. The zero-order valence-electron chi connectivity index (χ0n) is 17.8. The fraction of sp³-hybridized carbons (Fsp3) is 0.619. The van der Waals surface area contributed by atoms with E-state index in [1.54, 1.807) is 12.1 Å². The molecule has 0 radical (unpaired) electrons. The highest BCUT2D eigenvalue weighted by atomic mass is 127. The van der Waals surface area contributed by atoms with Crippen LogP contribution in [0.2, 0.25) is 0 Å². The van der Waals surface area contributed by atoms with Crippen molar-refractivity contribution in [2.24, 2.45) is 10.9 Å². The average molecular weight is 546 g/mol. The number of nitro groups is 1. The van der Waals surface area contributed by atoms with E-state index >= 15 is 0 Å². The summed E-state index contributed by atoms with van der Waals surface area (Å²) in [6.45, 7) is 3.35. The Bertz CT molecular complexity index is 745. The first kappa shape index (κ1) is 25.3. The number of rotatable bonds is 6. The number of carbonyl (C=O) groups excluding carboxylic acids is 1. The number of hydrogen-bond donors (Lipinski definition) is 1. The van der Waals surface area contributed by atoms with E-state index in [0.717, 1.165) is 56.9 Å². The summed E-state index contributed by atoms with van der Waals surface area (Å²) < 4.78 is 10.7. The van der Waals surface area contributed by atoms with Crippen LogP contribution in [0.15, 0.2) is 29.3 Å². The molecular weight excluding hydrogens is 515 g/mol. The Morgan fingerprint density at radius 2 is 1.97 bits per heavy atom. The average Bonchev–Trinajstić information content (AvgIpc) is 2.79. The number of esters is 1. The van der Waals surface area contributed by atoms with Gasteiger partial charge in [0.25, 0.3) is 5.69 Å². The molecule has 10 heteroatoms. The van der Waals surface area contributed by atoms with Crippen molar-refractivity contribution in [2.45, 2.75) is 44.8 Å². The fourth-order valence-corrected chi connectivity index (χ4v) is 3.82. The van der Waals surface area contributed by atoms with E-state index < -0.39 is 4.92 Å². The van der Waals surface area contributed by atoms with Crippen LogP contribution in [-0.2, 0) is 20.8 Å². The van der Waals surface area contributed by atoms with Gasteiger partial charge in [0.2, 0.25) is 0 Å². The molecule has 0 amide bonds. The number of nitro benzene ring substituents is 1. The second-order valence-corrected chi connectivity index (χ2v) is 7.72. The molecule has 1 aromatic carbocycles. The third-order valence-corrected chi connectivity index (χ3v) is 5.65. The van der Waals surface area contributed by atoms with Gasteiger partial charge in [0, 0.05) is 38.4 Å². The number of aliphatic imine (C=N–C) groups is 1. The number of hydrogen-bond acceptors (Lipinski definition) is 6. The minimum Gasteiger partial charge on any atom is -0.469 e. The fourth-order valence-electron chi connectivity index (χ4n) is 3.82. The van der Waals surface area contributed by atoms with E-state index in [-0.39, 0.29) is 47.7 Å². The van der Waals surface area contributed by atoms with Crippen LogP contribution in [0.3, 0.4) is 0 Å². The Labute approximate surface area is 199 Å². The van der Waals surface area contributed by atoms with E-state index in [9.17, 15) is 14.9 Å². The summed E-state index contributed by atoms with van der Waals surface area (Å²) in [5, 5.41) is 14.3. The zero-order valence-corrected chi connectivity index (χ0v) is 20.2. The highest BCUT2D eigenvalue weighted by Gasteiger charge is 2.27. The summed E-state index contributed by atoms with van der Waals surface area (Å²) in [4.78, 5) is 29.2. The minimum absolute atomic E-state index is 0. The van der Waals surface area contributed by atoms with Crippen molar-refractivity contribution < 1.29 is 19.2 Å². The van der Waals surface area contributed by atoms with Gasteiger partial charge in [0.15, 0.2) is 5.96 Å². The van der Waals surface area contributed by atoms with Gasteiger partial charge in [-0.05, 0) is 37.7 Å². The molecule has 2 aliphatic heterocycles.